The van der Waals surface area contributed by atoms with Crippen LogP contribution in [0.2, 0.25) is 0 Å². The first-order valence-electron chi connectivity index (χ1n) is 8.99. The maximum absolute atomic E-state index is 10.2. The van der Waals surface area contributed by atoms with E-state index in [2.05, 4.69) is 24.7 Å². The molecule has 0 aromatic carbocycles. The lowest BCUT2D eigenvalue weighted by molar-refractivity contribution is -0.0546. The van der Waals surface area contributed by atoms with Gasteiger partial charge in [0.1, 0.15) is 0 Å². The average molecular weight is 317 g/mol. The van der Waals surface area contributed by atoms with Gasteiger partial charge >= 0.3 is 0 Å². The van der Waals surface area contributed by atoms with Gasteiger partial charge in [-0.1, -0.05) is 12.8 Å². The summed E-state index contributed by atoms with van der Waals surface area (Å²) in [6, 6.07) is 2.95. The molecule has 1 aromatic rings. The number of nitrogens with zero attached hydrogens (tertiary/aromatic N) is 5. The fourth-order valence-corrected chi connectivity index (χ4v) is 4.25. The van der Waals surface area contributed by atoms with E-state index in [-0.39, 0.29) is 6.10 Å². The molecule has 6 nitrogen and oxygen atoms in total. The molecule has 126 valence electrons. The topological polar surface area (TPSA) is 55.7 Å². The Kier molecular flexibility index (Phi) is 4.46. The number of aromatic nitrogens is 2. The van der Waals surface area contributed by atoms with E-state index < -0.39 is 0 Å². The quantitative estimate of drug-likeness (QED) is 0.880. The van der Waals surface area contributed by atoms with E-state index in [0.717, 1.165) is 51.6 Å². The van der Waals surface area contributed by atoms with Crippen LogP contribution in [0.25, 0.3) is 0 Å². The summed E-state index contributed by atoms with van der Waals surface area (Å²) in [7, 11) is 0. The minimum atomic E-state index is -0.100. The second-order valence-corrected chi connectivity index (χ2v) is 7.10. The Bertz CT molecular complexity index is 499. The van der Waals surface area contributed by atoms with E-state index in [1.54, 1.807) is 0 Å². The molecule has 3 fully saturated rings. The summed E-state index contributed by atoms with van der Waals surface area (Å²) in [6.07, 6.45) is 8.16. The lowest BCUT2D eigenvalue weighted by atomic mass is 9.88. The maximum atomic E-state index is 10.2. The summed E-state index contributed by atoms with van der Waals surface area (Å²) in [5.74, 6) is 0.854. The number of likely N-dealkylation sites (tertiary alicyclic amines) is 1. The van der Waals surface area contributed by atoms with Crippen molar-refractivity contribution in [2.24, 2.45) is 0 Å². The zero-order valence-electron chi connectivity index (χ0n) is 13.7. The molecular weight excluding hydrogens is 290 g/mol. The molecule has 2 saturated heterocycles. The number of rotatable bonds is 3. The van der Waals surface area contributed by atoms with Crippen molar-refractivity contribution >= 4 is 5.95 Å². The number of aliphatic hydroxyl groups is 1. The molecule has 6 heteroatoms. The number of hydrogen-bond donors (Lipinski definition) is 1. The van der Waals surface area contributed by atoms with Crippen LogP contribution in [0.5, 0.6) is 0 Å². The predicted octanol–water partition coefficient (Wildman–Crippen LogP) is 0.586. The van der Waals surface area contributed by atoms with Crippen LogP contribution < -0.4 is 4.90 Å². The highest BCUT2D eigenvalue weighted by atomic mass is 16.3. The van der Waals surface area contributed by atoms with E-state index >= 15 is 0 Å². The molecule has 0 bridgehead atoms. The highest BCUT2D eigenvalue weighted by Crippen LogP contribution is 2.28. The van der Waals surface area contributed by atoms with Crippen molar-refractivity contribution in [2.45, 2.75) is 43.9 Å². The number of anilines is 1. The van der Waals surface area contributed by atoms with Gasteiger partial charge in [0.2, 0.25) is 5.95 Å². The molecule has 3 aliphatic rings. The van der Waals surface area contributed by atoms with Crippen molar-refractivity contribution in [2.75, 3.05) is 44.2 Å². The van der Waals surface area contributed by atoms with Crippen molar-refractivity contribution in [3.8, 4) is 0 Å². The van der Waals surface area contributed by atoms with Gasteiger partial charge < -0.3 is 10.0 Å². The molecule has 2 unspecified atom stereocenters. The van der Waals surface area contributed by atoms with Crippen molar-refractivity contribution in [1.82, 2.24) is 19.8 Å². The third-order valence-corrected chi connectivity index (χ3v) is 5.72. The van der Waals surface area contributed by atoms with E-state index in [4.69, 9.17) is 0 Å². The first-order valence-corrected chi connectivity index (χ1v) is 8.99. The molecule has 1 N–H and O–H groups in total. The summed E-state index contributed by atoms with van der Waals surface area (Å²) in [6.45, 7) is 6.44. The fourth-order valence-electron chi connectivity index (χ4n) is 4.25. The van der Waals surface area contributed by atoms with Gasteiger partial charge in [-0.2, -0.15) is 0 Å². The Hall–Kier alpha value is -1.24. The molecule has 1 aromatic heterocycles. The van der Waals surface area contributed by atoms with Crippen LogP contribution in [0.15, 0.2) is 18.5 Å². The first kappa shape index (κ1) is 15.3. The number of aliphatic hydroxyl groups excluding tert-OH is 1. The fraction of sp³-hybridized carbons (Fsp3) is 0.765. The Morgan fingerprint density at radius 2 is 1.61 bits per heavy atom. The Morgan fingerprint density at radius 3 is 2.30 bits per heavy atom. The lowest BCUT2D eigenvalue weighted by Crippen LogP contribution is -2.66. The second-order valence-electron chi connectivity index (χ2n) is 7.10. The third kappa shape index (κ3) is 3.20. The third-order valence-electron chi connectivity index (χ3n) is 5.72. The van der Waals surface area contributed by atoms with Gasteiger partial charge in [-0.25, -0.2) is 9.97 Å². The van der Waals surface area contributed by atoms with Crippen molar-refractivity contribution in [3.05, 3.63) is 18.5 Å². The van der Waals surface area contributed by atoms with Gasteiger partial charge in [-0.05, 0) is 18.9 Å². The largest absolute Gasteiger partial charge is 0.391 e. The van der Waals surface area contributed by atoms with Crippen LogP contribution in [0.4, 0.5) is 5.95 Å². The van der Waals surface area contributed by atoms with Gasteiger partial charge in [0.15, 0.2) is 0 Å². The zero-order valence-corrected chi connectivity index (χ0v) is 13.7. The summed E-state index contributed by atoms with van der Waals surface area (Å²) in [5.41, 5.74) is 0. The monoisotopic (exact) mass is 317 g/mol. The summed E-state index contributed by atoms with van der Waals surface area (Å²) in [5, 5.41) is 10.2. The SMILES string of the molecule is OC1CCCCC1N1CC(N2CCN(c3ncccn3)CC2)C1. The minimum Gasteiger partial charge on any atom is -0.391 e. The molecular formula is C17H27N5O. The minimum absolute atomic E-state index is 0.100. The van der Waals surface area contributed by atoms with Crippen molar-refractivity contribution in [3.63, 3.8) is 0 Å². The highest BCUT2D eigenvalue weighted by Gasteiger charge is 2.39. The van der Waals surface area contributed by atoms with Crippen LogP contribution in [-0.2, 0) is 0 Å². The van der Waals surface area contributed by atoms with Crippen LogP contribution in [0, 0.1) is 0 Å². The second kappa shape index (κ2) is 6.71. The summed E-state index contributed by atoms with van der Waals surface area (Å²) in [4.78, 5) is 16.1. The van der Waals surface area contributed by atoms with Crippen LogP contribution in [-0.4, -0.2) is 82.3 Å². The standard InChI is InChI=1S/C17H27N5O/c23-16-5-2-1-4-15(16)22-12-14(13-22)20-8-10-21(11-9-20)17-18-6-3-7-19-17/h3,6-7,14-16,23H,1-2,4-5,8-13H2. The predicted molar refractivity (Wildman–Crippen MR) is 89.4 cm³/mol. The Balaban J connectivity index is 1.25. The zero-order chi connectivity index (χ0) is 15.6. The van der Waals surface area contributed by atoms with Gasteiger partial charge in [0.25, 0.3) is 0 Å². The average Bonchev–Trinajstić information content (AvgIpc) is 2.57. The molecule has 1 aliphatic carbocycles. The molecule has 23 heavy (non-hydrogen) atoms. The lowest BCUT2D eigenvalue weighted by Gasteiger charge is -2.52. The number of hydrogen-bond acceptors (Lipinski definition) is 6. The molecule has 1 saturated carbocycles. The summed E-state index contributed by atoms with van der Waals surface area (Å²) < 4.78 is 0. The Morgan fingerprint density at radius 1 is 0.913 bits per heavy atom. The van der Waals surface area contributed by atoms with Crippen LogP contribution in [0.1, 0.15) is 25.7 Å². The number of piperazine rings is 1. The smallest absolute Gasteiger partial charge is 0.225 e. The van der Waals surface area contributed by atoms with Gasteiger partial charge in [-0.15, -0.1) is 0 Å². The molecule has 0 spiro atoms. The van der Waals surface area contributed by atoms with Gasteiger partial charge in [-0.3, -0.25) is 9.80 Å². The molecule has 2 atom stereocenters. The molecule has 3 heterocycles. The highest BCUT2D eigenvalue weighted by molar-refractivity contribution is 5.29. The first-order chi connectivity index (χ1) is 11.3. The van der Waals surface area contributed by atoms with Crippen LogP contribution >= 0.6 is 0 Å². The van der Waals surface area contributed by atoms with Gasteiger partial charge in [0, 0.05) is 63.7 Å². The molecule has 0 radical (unpaired) electrons. The van der Waals surface area contributed by atoms with Gasteiger partial charge in [0.05, 0.1) is 6.10 Å². The Labute approximate surface area is 138 Å². The van der Waals surface area contributed by atoms with Crippen molar-refractivity contribution in [1.29, 1.82) is 0 Å². The van der Waals surface area contributed by atoms with E-state index in [9.17, 15) is 5.11 Å². The molecule has 2 aliphatic heterocycles. The molecule has 4 rings (SSSR count). The van der Waals surface area contributed by atoms with Crippen LogP contribution in [0.3, 0.4) is 0 Å². The van der Waals surface area contributed by atoms with E-state index in [1.807, 2.05) is 18.5 Å². The van der Waals surface area contributed by atoms with E-state index in [0.29, 0.717) is 12.1 Å². The normalized spacial score (nSPS) is 31.1. The maximum Gasteiger partial charge on any atom is 0.225 e. The van der Waals surface area contributed by atoms with Crippen molar-refractivity contribution < 1.29 is 5.11 Å². The van der Waals surface area contributed by atoms with E-state index in [1.165, 1.54) is 19.3 Å². The molecule has 0 amide bonds. The summed E-state index contributed by atoms with van der Waals surface area (Å²) >= 11 is 0.